The van der Waals surface area contributed by atoms with Crippen LogP contribution in [0.15, 0.2) is 18.3 Å². The summed E-state index contributed by atoms with van der Waals surface area (Å²) in [6.07, 6.45) is 4.50. The van der Waals surface area contributed by atoms with Crippen molar-refractivity contribution in [1.29, 1.82) is 0 Å². The average molecular weight is 299 g/mol. The van der Waals surface area contributed by atoms with Gasteiger partial charge in [-0.15, -0.1) is 10.2 Å². The fourth-order valence-electron chi connectivity index (χ4n) is 3.82. The lowest BCUT2D eigenvalue weighted by atomic mass is 9.99. The van der Waals surface area contributed by atoms with E-state index in [0.29, 0.717) is 11.8 Å². The van der Waals surface area contributed by atoms with Crippen LogP contribution in [0.25, 0.3) is 11.4 Å². The average Bonchev–Trinajstić information content (AvgIpc) is 3.19. The van der Waals surface area contributed by atoms with Crippen molar-refractivity contribution in [3.05, 3.63) is 23.9 Å². The van der Waals surface area contributed by atoms with Crippen LogP contribution in [0.3, 0.4) is 0 Å². The second kappa shape index (κ2) is 5.35. The zero-order chi connectivity index (χ0) is 15.1. The monoisotopic (exact) mass is 299 g/mol. The summed E-state index contributed by atoms with van der Waals surface area (Å²) >= 11 is 0. The molecular formula is C16H21N5O. The SMILES string of the molecule is Cc1cnn(C)c1-c1ccc(OC2CCC3CNCC32)nn1. The Morgan fingerprint density at radius 1 is 1.23 bits per heavy atom. The molecule has 2 aromatic heterocycles. The molecule has 116 valence electrons. The van der Waals surface area contributed by atoms with Gasteiger partial charge in [0.05, 0.1) is 11.9 Å². The van der Waals surface area contributed by atoms with Gasteiger partial charge in [-0.1, -0.05) is 0 Å². The van der Waals surface area contributed by atoms with Crippen molar-refractivity contribution in [2.75, 3.05) is 13.1 Å². The summed E-state index contributed by atoms with van der Waals surface area (Å²) in [5.74, 6) is 2.02. The van der Waals surface area contributed by atoms with Crippen LogP contribution < -0.4 is 10.1 Å². The molecule has 1 aliphatic heterocycles. The molecular weight excluding hydrogens is 278 g/mol. The second-order valence-electron chi connectivity index (χ2n) is 6.37. The van der Waals surface area contributed by atoms with E-state index < -0.39 is 0 Å². The molecule has 1 saturated carbocycles. The molecule has 0 spiro atoms. The summed E-state index contributed by atoms with van der Waals surface area (Å²) in [5, 5.41) is 16.3. The standard InChI is InChI=1S/C16H21N5O/c1-10-7-18-21(2)16(10)13-4-6-15(20-19-13)22-14-5-3-11-8-17-9-12(11)14/h4,6-7,11-12,14,17H,3,5,8-9H2,1-2H3. The van der Waals surface area contributed by atoms with E-state index >= 15 is 0 Å². The second-order valence-corrected chi connectivity index (χ2v) is 6.37. The van der Waals surface area contributed by atoms with Crippen molar-refractivity contribution in [1.82, 2.24) is 25.3 Å². The summed E-state index contributed by atoms with van der Waals surface area (Å²) in [6, 6.07) is 3.89. The molecule has 6 heteroatoms. The molecule has 2 aliphatic rings. The number of nitrogens with zero attached hydrogens (tertiary/aromatic N) is 4. The van der Waals surface area contributed by atoms with Crippen LogP contribution in [0.4, 0.5) is 0 Å². The summed E-state index contributed by atoms with van der Waals surface area (Å²) < 4.78 is 7.91. The molecule has 6 nitrogen and oxygen atoms in total. The van der Waals surface area contributed by atoms with E-state index in [4.69, 9.17) is 4.74 Å². The smallest absolute Gasteiger partial charge is 0.233 e. The first-order valence-electron chi connectivity index (χ1n) is 7.92. The third kappa shape index (κ3) is 2.27. The Hall–Kier alpha value is -1.95. The maximum Gasteiger partial charge on any atom is 0.233 e. The van der Waals surface area contributed by atoms with Gasteiger partial charge in [-0.2, -0.15) is 5.10 Å². The van der Waals surface area contributed by atoms with Gasteiger partial charge in [-0.05, 0) is 43.9 Å². The van der Waals surface area contributed by atoms with Gasteiger partial charge in [0.2, 0.25) is 5.88 Å². The lowest BCUT2D eigenvalue weighted by Gasteiger charge is -2.18. The first-order chi connectivity index (χ1) is 10.7. The molecule has 0 amide bonds. The van der Waals surface area contributed by atoms with E-state index in [1.165, 1.54) is 6.42 Å². The molecule has 0 radical (unpaired) electrons. The van der Waals surface area contributed by atoms with Gasteiger partial charge in [0, 0.05) is 25.6 Å². The van der Waals surface area contributed by atoms with Crippen molar-refractivity contribution in [3.63, 3.8) is 0 Å². The normalized spacial score (nSPS) is 27.1. The molecule has 22 heavy (non-hydrogen) atoms. The van der Waals surface area contributed by atoms with Gasteiger partial charge in [-0.3, -0.25) is 4.68 Å². The third-order valence-electron chi connectivity index (χ3n) is 4.97. The zero-order valence-corrected chi connectivity index (χ0v) is 13.0. The topological polar surface area (TPSA) is 64.9 Å². The molecule has 0 aromatic carbocycles. The highest BCUT2D eigenvalue weighted by atomic mass is 16.5. The molecule has 3 heterocycles. The third-order valence-corrected chi connectivity index (χ3v) is 4.97. The van der Waals surface area contributed by atoms with Gasteiger partial charge in [0.15, 0.2) is 0 Å². The Balaban J connectivity index is 1.50. The molecule has 1 saturated heterocycles. The van der Waals surface area contributed by atoms with Gasteiger partial charge in [0.1, 0.15) is 11.8 Å². The van der Waals surface area contributed by atoms with E-state index in [0.717, 1.165) is 42.4 Å². The minimum absolute atomic E-state index is 0.276. The predicted molar refractivity (Wildman–Crippen MR) is 82.5 cm³/mol. The number of ether oxygens (including phenoxy) is 1. The van der Waals surface area contributed by atoms with Gasteiger partial charge >= 0.3 is 0 Å². The van der Waals surface area contributed by atoms with E-state index in [1.54, 1.807) is 0 Å². The van der Waals surface area contributed by atoms with Crippen LogP contribution in [0.2, 0.25) is 0 Å². The lowest BCUT2D eigenvalue weighted by molar-refractivity contribution is 0.150. The molecule has 1 N–H and O–H groups in total. The lowest BCUT2D eigenvalue weighted by Crippen LogP contribution is -2.26. The van der Waals surface area contributed by atoms with Gasteiger partial charge in [-0.25, -0.2) is 0 Å². The van der Waals surface area contributed by atoms with E-state index in [2.05, 4.69) is 20.6 Å². The number of aryl methyl sites for hydroxylation is 2. The number of aromatic nitrogens is 4. The van der Waals surface area contributed by atoms with Crippen molar-refractivity contribution in [3.8, 4) is 17.3 Å². The number of fused-ring (bicyclic) bond motifs is 1. The maximum atomic E-state index is 6.09. The summed E-state index contributed by atoms with van der Waals surface area (Å²) in [6.45, 7) is 4.23. The fourth-order valence-corrected chi connectivity index (χ4v) is 3.82. The Bertz CT molecular complexity index is 646. The molecule has 4 rings (SSSR count). The Labute approximate surface area is 129 Å². The molecule has 3 atom stereocenters. The number of rotatable bonds is 3. The highest BCUT2D eigenvalue weighted by molar-refractivity contribution is 5.58. The molecule has 1 aliphatic carbocycles. The van der Waals surface area contributed by atoms with Crippen molar-refractivity contribution in [2.24, 2.45) is 18.9 Å². The molecule has 3 unspecified atom stereocenters. The maximum absolute atomic E-state index is 6.09. The minimum Gasteiger partial charge on any atom is -0.473 e. The Morgan fingerprint density at radius 2 is 2.14 bits per heavy atom. The van der Waals surface area contributed by atoms with E-state index in [-0.39, 0.29) is 6.10 Å². The Kier molecular flexibility index (Phi) is 3.33. The van der Waals surface area contributed by atoms with E-state index in [9.17, 15) is 0 Å². The highest BCUT2D eigenvalue weighted by Crippen LogP contribution is 2.36. The minimum atomic E-state index is 0.276. The first-order valence-corrected chi connectivity index (χ1v) is 7.92. The van der Waals surface area contributed by atoms with Crippen LogP contribution >= 0.6 is 0 Å². The molecule has 2 fully saturated rings. The summed E-state index contributed by atoms with van der Waals surface area (Å²) in [7, 11) is 1.92. The van der Waals surface area contributed by atoms with Crippen molar-refractivity contribution < 1.29 is 4.74 Å². The van der Waals surface area contributed by atoms with Gasteiger partial charge in [0.25, 0.3) is 0 Å². The predicted octanol–water partition coefficient (Wildman–Crippen LogP) is 1.56. The van der Waals surface area contributed by atoms with E-state index in [1.807, 2.05) is 37.0 Å². The Morgan fingerprint density at radius 3 is 2.86 bits per heavy atom. The number of nitrogens with one attached hydrogen (secondary N) is 1. The first kappa shape index (κ1) is 13.7. The number of hydrogen-bond acceptors (Lipinski definition) is 5. The summed E-state index contributed by atoms with van der Waals surface area (Å²) in [5.41, 5.74) is 2.93. The van der Waals surface area contributed by atoms with Crippen LogP contribution in [-0.2, 0) is 7.05 Å². The van der Waals surface area contributed by atoms with Crippen LogP contribution in [0.5, 0.6) is 5.88 Å². The van der Waals surface area contributed by atoms with Crippen LogP contribution in [0, 0.1) is 18.8 Å². The molecule has 0 bridgehead atoms. The summed E-state index contributed by atoms with van der Waals surface area (Å²) in [4.78, 5) is 0. The van der Waals surface area contributed by atoms with Crippen molar-refractivity contribution >= 4 is 0 Å². The van der Waals surface area contributed by atoms with Crippen molar-refractivity contribution in [2.45, 2.75) is 25.9 Å². The fraction of sp³-hybridized carbons (Fsp3) is 0.562. The number of hydrogen-bond donors (Lipinski definition) is 1. The highest BCUT2D eigenvalue weighted by Gasteiger charge is 2.40. The largest absolute Gasteiger partial charge is 0.473 e. The zero-order valence-electron chi connectivity index (χ0n) is 13.0. The molecule has 2 aromatic rings. The quantitative estimate of drug-likeness (QED) is 0.932. The van der Waals surface area contributed by atoms with Crippen LogP contribution in [0.1, 0.15) is 18.4 Å². The van der Waals surface area contributed by atoms with Crippen LogP contribution in [-0.4, -0.2) is 39.2 Å². The van der Waals surface area contributed by atoms with Gasteiger partial charge < -0.3 is 10.1 Å².